The van der Waals surface area contributed by atoms with Gasteiger partial charge in [0.15, 0.2) is 0 Å². The second kappa shape index (κ2) is 9.12. The lowest BCUT2D eigenvalue weighted by Crippen LogP contribution is -2.41. The summed E-state index contributed by atoms with van der Waals surface area (Å²) < 4.78 is 1.76. The van der Waals surface area contributed by atoms with E-state index in [2.05, 4.69) is 15.4 Å². The smallest absolute Gasteiger partial charge is 0.274 e. The normalized spacial score (nSPS) is 17.1. The van der Waals surface area contributed by atoms with Crippen LogP contribution in [0.2, 0.25) is 0 Å². The number of amides is 2. The van der Waals surface area contributed by atoms with Gasteiger partial charge in [-0.15, -0.1) is 11.3 Å². The van der Waals surface area contributed by atoms with E-state index in [0.717, 1.165) is 37.4 Å². The van der Waals surface area contributed by atoms with E-state index in [4.69, 9.17) is 0 Å². The molecule has 2 amide bonds. The van der Waals surface area contributed by atoms with Gasteiger partial charge in [-0.2, -0.15) is 5.10 Å². The maximum Gasteiger partial charge on any atom is 0.274 e. The molecule has 1 aliphatic rings. The summed E-state index contributed by atoms with van der Waals surface area (Å²) in [5, 5.41) is 8.33. The van der Waals surface area contributed by atoms with Crippen molar-refractivity contribution in [2.75, 3.05) is 19.6 Å². The molecule has 1 fully saturated rings. The third-order valence-electron chi connectivity index (χ3n) is 4.79. The number of nitrogens with zero attached hydrogens (tertiary/aromatic N) is 4. The van der Waals surface area contributed by atoms with Crippen LogP contribution in [-0.2, 0) is 17.8 Å². The third-order valence-corrected chi connectivity index (χ3v) is 5.77. The van der Waals surface area contributed by atoms with Crippen LogP contribution in [0.25, 0.3) is 0 Å². The summed E-state index contributed by atoms with van der Waals surface area (Å²) in [4.78, 5) is 32.2. The standard InChI is InChI=1S/C19H27N5O2S/c1-3-24-10-7-16(22-24)19(26)23-9-4-5-15(13-23)11-17(25)20-8-6-18-21-12-14(2)27-18/h7,10,12,15H,3-6,8-9,11,13H2,1-2H3,(H,20,25). The summed E-state index contributed by atoms with van der Waals surface area (Å²) in [7, 11) is 0. The van der Waals surface area contributed by atoms with Gasteiger partial charge in [-0.25, -0.2) is 4.98 Å². The summed E-state index contributed by atoms with van der Waals surface area (Å²) in [6.45, 7) is 6.73. The molecule has 3 rings (SSSR count). The van der Waals surface area contributed by atoms with Gasteiger partial charge in [-0.3, -0.25) is 14.3 Å². The van der Waals surface area contributed by atoms with Crippen LogP contribution < -0.4 is 5.32 Å². The lowest BCUT2D eigenvalue weighted by molar-refractivity contribution is -0.122. The van der Waals surface area contributed by atoms with Gasteiger partial charge in [0.2, 0.25) is 5.91 Å². The van der Waals surface area contributed by atoms with Gasteiger partial charge in [-0.1, -0.05) is 0 Å². The van der Waals surface area contributed by atoms with Crippen molar-refractivity contribution < 1.29 is 9.59 Å². The number of aryl methyl sites for hydroxylation is 2. The molecule has 3 heterocycles. The topological polar surface area (TPSA) is 80.1 Å². The Morgan fingerprint density at radius 3 is 2.96 bits per heavy atom. The van der Waals surface area contributed by atoms with E-state index in [1.165, 1.54) is 4.88 Å². The van der Waals surface area contributed by atoms with Crippen LogP contribution >= 0.6 is 11.3 Å². The number of aromatic nitrogens is 3. The highest BCUT2D eigenvalue weighted by atomic mass is 32.1. The van der Waals surface area contributed by atoms with Crippen LogP contribution in [0.15, 0.2) is 18.5 Å². The molecule has 1 aliphatic heterocycles. The molecule has 2 aromatic heterocycles. The molecular weight excluding hydrogens is 362 g/mol. The van der Waals surface area contributed by atoms with Crippen molar-refractivity contribution in [2.45, 2.75) is 46.1 Å². The molecule has 146 valence electrons. The van der Waals surface area contributed by atoms with Crippen molar-refractivity contribution in [3.05, 3.63) is 34.0 Å². The molecule has 8 heteroatoms. The van der Waals surface area contributed by atoms with Crippen molar-refractivity contribution in [1.82, 2.24) is 25.0 Å². The molecule has 1 unspecified atom stereocenters. The second-order valence-electron chi connectivity index (χ2n) is 6.98. The van der Waals surface area contributed by atoms with Crippen molar-refractivity contribution in [1.29, 1.82) is 0 Å². The lowest BCUT2D eigenvalue weighted by Gasteiger charge is -2.32. The number of carbonyl (C=O) groups is 2. The van der Waals surface area contributed by atoms with Crippen molar-refractivity contribution in [3.8, 4) is 0 Å². The average Bonchev–Trinajstić information content (AvgIpc) is 3.30. The predicted molar refractivity (Wildman–Crippen MR) is 105 cm³/mol. The minimum atomic E-state index is -0.0357. The maximum atomic E-state index is 12.6. The molecule has 0 bridgehead atoms. The van der Waals surface area contributed by atoms with Crippen LogP contribution in [0.5, 0.6) is 0 Å². The number of hydrogen-bond acceptors (Lipinski definition) is 5. The highest BCUT2D eigenvalue weighted by molar-refractivity contribution is 7.11. The zero-order chi connectivity index (χ0) is 19.2. The Kier molecular flexibility index (Phi) is 6.60. The molecular formula is C19H27N5O2S. The molecule has 0 aromatic carbocycles. The van der Waals surface area contributed by atoms with Crippen LogP contribution in [0.1, 0.15) is 46.6 Å². The monoisotopic (exact) mass is 389 g/mol. The molecule has 27 heavy (non-hydrogen) atoms. The zero-order valence-electron chi connectivity index (χ0n) is 16.0. The number of thiazole rings is 1. The Bertz CT molecular complexity index is 785. The van der Waals surface area contributed by atoms with E-state index < -0.39 is 0 Å². The minimum Gasteiger partial charge on any atom is -0.356 e. The third kappa shape index (κ3) is 5.38. The summed E-state index contributed by atoms with van der Waals surface area (Å²) >= 11 is 1.67. The summed E-state index contributed by atoms with van der Waals surface area (Å²) in [6, 6.07) is 1.77. The Labute approximate surface area is 163 Å². The molecule has 0 spiro atoms. The SMILES string of the molecule is CCn1ccc(C(=O)N2CCCC(CC(=O)NCCc3ncc(C)s3)C2)n1. The van der Waals surface area contributed by atoms with Crippen LogP contribution in [0.4, 0.5) is 0 Å². The van der Waals surface area contributed by atoms with Crippen LogP contribution in [-0.4, -0.2) is 51.1 Å². The van der Waals surface area contributed by atoms with Crippen molar-refractivity contribution in [3.63, 3.8) is 0 Å². The van der Waals surface area contributed by atoms with Gasteiger partial charge in [-0.05, 0) is 38.7 Å². The second-order valence-corrected chi connectivity index (χ2v) is 8.30. The van der Waals surface area contributed by atoms with Crippen molar-refractivity contribution in [2.24, 2.45) is 5.92 Å². The molecule has 0 radical (unpaired) electrons. The average molecular weight is 390 g/mol. The molecule has 0 aliphatic carbocycles. The Hall–Kier alpha value is -2.22. The fraction of sp³-hybridized carbons (Fsp3) is 0.579. The molecule has 1 N–H and O–H groups in total. The first-order valence-corrected chi connectivity index (χ1v) is 10.4. The first-order chi connectivity index (χ1) is 13.0. The number of likely N-dealkylation sites (tertiary alicyclic amines) is 1. The van der Waals surface area contributed by atoms with E-state index in [-0.39, 0.29) is 17.7 Å². The van der Waals surface area contributed by atoms with Crippen LogP contribution in [0.3, 0.4) is 0 Å². The highest BCUT2D eigenvalue weighted by Gasteiger charge is 2.27. The molecule has 2 aromatic rings. The Morgan fingerprint density at radius 2 is 2.26 bits per heavy atom. The lowest BCUT2D eigenvalue weighted by atomic mass is 9.94. The molecule has 7 nitrogen and oxygen atoms in total. The van der Waals surface area contributed by atoms with Gasteiger partial charge < -0.3 is 10.2 Å². The largest absolute Gasteiger partial charge is 0.356 e. The fourth-order valence-corrected chi connectivity index (χ4v) is 4.18. The van der Waals surface area contributed by atoms with Crippen LogP contribution in [0, 0.1) is 12.8 Å². The van der Waals surface area contributed by atoms with Crippen molar-refractivity contribution >= 4 is 23.2 Å². The number of rotatable bonds is 7. The summed E-state index contributed by atoms with van der Waals surface area (Å²) in [5.74, 6) is 0.224. The van der Waals surface area contributed by atoms with Gasteiger partial charge in [0, 0.05) is 56.3 Å². The van der Waals surface area contributed by atoms with Gasteiger partial charge >= 0.3 is 0 Å². The first-order valence-electron chi connectivity index (χ1n) is 9.56. The molecule has 0 saturated carbocycles. The van der Waals surface area contributed by atoms with E-state index in [1.807, 2.05) is 31.1 Å². The zero-order valence-corrected chi connectivity index (χ0v) is 16.8. The van der Waals surface area contributed by atoms with E-state index in [9.17, 15) is 9.59 Å². The van der Waals surface area contributed by atoms with Gasteiger partial charge in [0.25, 0.3) is 5.91 Å². The van der Waals surface area contributed by atoms with E-state index >= 15 is 0 Å². The Balaban J connectivity index is 1.44. The summed E-state index contributed by atoms with van der Waals surface area (Å²) in [6.07, 6.45) is 6.82. The predicted octanol–water partition coefficient (Wildman–Crippen LogP) is 2.27. The number of hydrogen-bond donors (Lipinski definition) is 1. The van der Waals surface area contributed by atoms with Gasteiger partial charge in [0.1, 0.15) is 5.69 Å². The highest BCUT2D eigenvalue weighted by Crippen LogP contribution is 2.21. The van der Waals surface area contributed by atoms with Gasteiger partial charge in [0.05, 0.1) is 5.01 Å². The number of nitrogens with one attached hydrogen (secondary N) is 1. The van der Waals surface area contributed by atoms with E-state index in [0.29, 0.717) is 25.2 Å². The molecule has 1 saturated heterocycles. The first kappa shape index (κ1) is 19.5. The quantitative estimate of drug-likeness (QED) is 0.788. The number of carbonyl (C=O) groups excluding carboxylic acids is 2. The van der Waals surface area contributed by atoms with E-state index in [1.54, 1.807) is 22.1 Å². The maximum absolute atomic E-state index is 12.6. The minimum absolute atomic E-state index is 0.0357. The molecule has 1 atom stereocenters. The number of piperidine rings is 1. The fourth-order valence-electron chi connectivity index (χ4n) is 3.39. The summed E-state index contributed by atoms with van der Waals surface area (Å²) in [5.41, 5.74) is 0.487. The Morgan fingerprint density at radius 1 is 1.41 bits per heavy atom.